The monoisotopic (exact) mass is 363 g/mol. The standard InChI is InChI=1S/C16H17N3O5S/c1-10-3-4-11(15(20)24-2)9-14(10)25(22,23)19-13-7-5-12(6-8-13)18-16(17)21/h3-9,19H,1-2H3,(H3,17,18,21). The Balaban J connectivity index is 2.30. The second kappa shape index (κ2) is 7.22. The maximum absolute atomic E-state index is 12.6. The Bertz CT molecular complexity index is 908. The molecule has 2 rings (SSSR count). The molecule has 9 heteroatoms. The predicted octanol–water partition coefficient (Wildman–Crippen LogP) is 2.07. The smallest absolute Gasteiger partial charge is 0.337 e. The van der Waals surface area contributed by atoms with E-state index in [9.17, 15) is 18.0 Å². The van der Waals surface area contributed by atoms with Crippen LogP contribution >= 0.6 is 0 Å². The van der Waals surface area contributed by atoms with E-state index < -0.39 is 22.0 Å². The number of aryl methyl sites for hydroxylation is 1. The molecule has 0 saturated heterocycles. The first-order valence-corrected chi connectivity index (χ1v) is 8.59. The van der Waals surface area contributed by atoms with Crippen molar-refractivity contribution in [3.63, 3.8) is 0 Å². The third kappa shape index (κ3) is 4.48. The lowest BCUT2D eigenvalue weighted by Crippen LogP contribution is -2.19. The van der Waals surface area contributed by atoms with E-state index in [0.29, 0.717) is 11.3 Å². The number of carbonyl (C=O) groups excluding carboxylic acids is 2. The molecule has 2 aromatic carbocycles. The SMILES string of the molecule is COC(=O)c1ccc(C)c(S(=O)(=O)Nc2ccc(NC(N)=O)cc2)c1. The zero-order valence-electron chi connectivity index (χ0n) is 13.6. The Hall–Kier alpha value is -3.07. The van der Waals surface area contributed by atoms with E-state index in [4.69, 9.17) is 5.73 Å². The average Bonchev–Trinajstić information content (AvgIpc) is 2.55. The summed E-state index contributed by atoms with van der Waals surface area (Å²) >= 11 is 0. The lowest BCUT2D eigenvalue weighted by molar-refractivity contribution is 0.0600. The molecule has 8 nitrogen and oxygen atoms in total. The summed E-state index contributed by atoms with van der Waals surface area (Å²) in [6.45, 7) is 1.62. The van der Waals surface area contributed by atoms with Crippen molar-refractivity contribution >= 4 is 33.4 Å². The Labute approximate surface area is 145 Å². The molecule has 0 heterocycles. The van der Waals surface area contributed by atoms with Crippen molar-refractivity contribution in [1.29, 1.82) is 0 Å². The summed E-state index contributed by atoms with van der Waals surface area (Å²) in [7, 11) is -2.70. The van der Waals surface area contributed by atoms with E-state index in [1.165, 1.54) is 49.6 Å². The van der Waals surface area contributed by atoms with Gasteiger partial charge in [0.05, 0.1) is 17.6 Å². The molecule has 0 fully saturated rings. The molecular formula is C16H17N3O5S. The number of anilines is 2. The van der Waals surface area contributed by atoms with Gasteiger partial charge < -0.3 is 15.8 Å². The van der Waals surface area contributed by atoms with Crippen molar-refractivity contribution in [3.05, 3.63) is 53.6 Å². The van der Waals surface area contributed by atoms with Gasteiger partial charge >= 0.3 is 12.0 Å². The number of nitrogens with one attached hydrogen (secondary N) is 2. The minimum Gasteiger partial charge on any atom is -0.465 e. The second-order valence-corrected chi connectivity index (χ2v) is 6.79. The molecule has 0 unspecified atom stereocenters. The van der Waals surface area contributed by atoms with E-state index in [-0.39, 0.29) is 16.1 Å². The highest BCUT2D eigenvalue weighted by atomic mass is 32.2. The van der Waals surface area contributed by atoms with Gasteiger partial charge in [-0.2, -0.15) is 0 Å². The minimum absolute atomic E-state index is 0.0327. The molecule has 0 aliphatic carbocycles. The molecule has 0 bridgehead atoms. The molecule has 25 heavy (non-hydrogen) atoms. The fraction of sp³-hybridized carbons (Fsp3) is 0.125. The molecule has 4 N–H and O–H groups in total. The number of primary amides is 1. The van der Waals surface area contributed by atoms with Gasteiger partial charge in [-0.15, -0.1) is 0 Å². The quantitative estimate of drug-likeness (QED) is 0.701. The maximum Gasteiger partial charge on any atom is 0.337 e. The summed E-state index contributed by atoms with van der Waals surface area (Å²) in [6, 6.07) is 9.51. The zero-order valence-corrected chi connectivity index (χ0v) is 14.4. The van der Waals surface area contributed by atoms with E-state index in [0.717, 1.165) is 0 Å². The average molecular weight is 363 g/mol. The van der Waals surface area contributed by atoms with Crippen LogP contribution in [0, 0.1) is 6.92 Å². The Morgan fingerprint density at radius 1 is 1.04 bits per heavy atom. The summed E-state index contributed by atoms with van der Waals surface area (Å²) in [5.74, 6) is -0.627. The number of amides is 2. The lowest BCUT2D eigenvalue weighted by atomic mass is 10.1. The van der Waals surface area contributed by atoms with Crippen molar-refractivity contribution in [1.82, 2.24) is 0 Å². The maximum atomic E-state index is 12.6. The Morgan fingerprint density at radius 2 is 1.64 bits per heavy atom. The van der Waals surface area contributed by atoms with Crippen LogP contribution < -0.4 is 15.8 Å². The largest absolute Gasteiger partial charge is 0.465 e. The highest BCUT2D eigenvalue weighted by Gasteiger charge is 2.19. The molecule has 132 valence electrons. The van der Waals surface area contributed by atoms with Crippen LogP contribution in [0.15, 0.2) is 47.4 Å². The fourth-order valence-corrected chi connectivity index (χ4v) is 3.44. The van der Waals surface area contributed by atoms with Gasteiger partial charge in [-0.25, -0.2) is 18.0 Å². The van der Waals surface area contributed by atoms with Gasteiger partial charge in [0.15, 0.2) is 0 Å². The van der Waals surface area contributed by atoms with Crippen LogP contribution in [0.3, 0.4) is 0 Å². The number of ether oxygens (including phenoxy) is 1. The first-order valence-electron chi connectivity index (χ1n) is 7.11. The second-order valence-electron chi connectivity index (χ2n) is 5.14. The van der Waals surface area contributed by atoms with Crippen LogP contribution in [0.2, 0.25) is 0 Å². The van der Waals surface area contributed by atoms with Crippen LogP contribution in [0.5, 0.6) is 0 Å². The summed E-state index contributed by atoms with van der Waals surface area (Å²) in [5, 5.41) is 2.37. The molecule has 0 saturated carbocycles. The van der Waals surface area contributed by atoms with Gasteiger partial charge in [-0.1, -0.05) is 6.07 Å². The van der Waals surface area contributed by atoms with Crippen molar-refractivity contribution in [2.45, 2.75) is 11.8 Å². The van der Waals surface area contributed by atoms with E-state index in [1.807, 2.05) is 0 Å². The van der Waals surface area contributed by atoms with E-state index >= 15 is 0 Å². The number of esters is 1. The van der Waals surface area contributed by atoms with Gasteiger partial charge in [0, 0.05) is 11.4 Å². The predicted molar refractivity (Wildman–Crippen MR) is 93.0 cm³/mol. The number of methoxy groups -OCH3 is 1. The van der Waals surface area contributed by atoms with E-state index in [2.05, 4.69) is 14.8 Å². The highest BCUT2D eigenvalue weighted by Crippen LogP contribution is 2.22. The lowest BCUT2D eigenvalue weighted by Gasteiger charge is -2.12. The third-order valence-corrected chi connectivity index (χ3v) is 4.83. The van der Waals surface area contributed by atoms with Crippen LogP contribution in [0.4, 0.5) is 16.2 Å². The van der Waals surface area contributed by atoms with Gasteiger partial charge in [0.2, 0.25) is 0 Å². The number of hydrogen-bond donors (Lipinski definition) is 3. The summed E-state index contributed by atoms with van der Waals surface area (Å²) < 4.78 is 32.2. The highest BCUT2D eigenvalue weighted by molar-refractivity contribution is 7.92. The molecule has 0 aromatic heterocycles. The van der Waals surface area contributed by atoms with Crippen LogP contribution in [-0.2, 0) is 14.8 Å². The summed E-state index contributed by atoms with van der Waals surface area (Å²) in [5.41, 5.74) is 6.34. The van der Waals surface area contributed by atoms with Crippen LogP contribution in [0.1, 0.15) is 15.9 Å². The number of hydrogen-bond acceptors (Lipinski definition) is 5. The summed E-state index contributed by atoms with van der Waals surface area (Å²) in [4.78, 5) is 22.4. The minimum atomic E-state index is -3.91. The third-order valence-electron chi connectivity index (χ3n) is 3.30. The number of rotatable bonds is 5. The normalized spacial score (nSPS) is 10.8. The molecule has 0 radical (unpaired) electrons. The van der Waals surface area contributed by atoms with Crippen LogP contribution in [0.25, 0.3) is 0 Å². The number of nitrogens with two attached hydrogens (primary N) is 1. The van der Waals surface area contributed by atoms with Gasteiger partial charge in [0.25, 0.3) is 10.0 Å². The molecule has 2 amide bonds. The fourth-order valence-electron chi connectivity index (χ4n) is 2.11. The summed E-state index contributed by atoms with van der Waals surface area (Å²) in [6.07, 6.45) is 0. The molecule has 0 aliphatic heterocycles. The zero-order chi connectivity index (χ0) is 18.6. The number of benzene rings is 2. The van der Waals surface area contributed by atoms with Gasteiger partial charge in [-0.3, -0.25) is 4.72 Å². The molecule has 0 aliphatic rings. The van der Waals surface area contributed by atoms with Crippen molar-refractivity contribution in [2.24, 2.45) is 5.73 Å². The topological polar surface area (TPSA) is 128 Å². The van der Waals surface area contributed by atoms with Crippen molar-refractivity contribution in [2.75, 3.05) is 17.1 Å². The van der Waals surface area contributed by atoms with Crippen molar-refractivity contribution in [3.8, 4) is 0 Å². The van der Waals surface area contributed by atoms with Crippen molar-refractivity contribution < 1.29 is 22.7 Å². The Morgan fingerprint density at radius 3 is 2.20 bits per heavy atom. The Kier molecular flexibility index (Phi) is 5.28. The van der Waals surface area contributed by atoms with Crippen LogP contribution in [-0.4, -0.2) is 27.5 Å². The van der Waals surface area contributed by atoms with E-state index in [1.54, 1.807) is 6.92 Å². The van der Waals surface area contributed by atoms with Gasteiger partial charge in [0.1, 0.15) is 0 Å². The molecule has 2 aromatic rings. The molecule has 0 atom stereocenters. The number of urea groups is 1. The number of carbonyl (C=O) groups is 2. The first kappa shape index (κ1) is 18.3. The molecular weight excluding hydrogens is 346 g/mol. The number of sulfonamides is 1. The first-order chi connectivity index (χ1) is 11.7. The molecule has 0 spiro atoms. The van der Waals surface area contributed by atoms with Gasteiger partial charge in [-0.05, 0) is 48.9 Å².